The minimum Gasteiger partial charge on any atom is -0.480 e. The molecule has 0 aliphatic rings. The molecule has 0 bridgehead atoms. The van der Waals surface area contributed by atoms with Crippen molar-refractivity contribution in [3.8, 4) is 0 Å². The van der Waals surface area contributed by atoms with Gasteiger partial charge in [-0.2, -0.15) is 0 Å². The van der Waals surface area contributed by atoms with Crippen molar-refractivity contribution >= 4 is 13.8 Å². The van der Waals surface area contributed by atoms with Crippen molar-refractivity contribution in [2.75, 3.05) is 7.05 Å². The number of halogens is 2. The largest absolute Gasteiger partial charge is 0.534 e. The van der Waals surface area contributed by atoms with E-state index in [-0.39, 0.29) is 0 Å². The highest BCUT2D eigenvalue weighted by molar-refractivity contribution is 7.47. The molecule has 10 heteroatoms. The van der Waals surface area contributed by atoms with Crippen molar-refractivity contribution in [3.05, 3.63) is 35.9 Å². The Labute approximate surface area is 113 Å². The number of phosphoric acid groups is 1. The zero-order chi connectivity index (χ0) is 15.6. The van der Waals surface area contributed by atoms with Crippen LogP contribution in [0.3, 0.4) is 0 Å². The Morgan fingerprint density at radius 3 is 2.15 bits per heavy atom. The zero-order valence-electron chi connectivity index (χ0n) is 10.4. The van der Waals surface area contributed by atoms with E-state index >= 15 is 0 Å². The summed E-state index contributed by atoms with van der Waals surface area (Å²) in [4.78, 5) is 18.2. The van der Waals surface area contributed by atoms with Gasteiger partial charge in [0.15, 0.2) is 0 Å². The first-order chi connectivity index (χ1) is 9.36. The molecule has 1 atom stereocenters. The summed E-state index contributed by atoms with van der Waals surface area (Å²) >= 11 is 0. The number of rotatable bonds is 6. The van der Waals surface area contributed by atoms with E-state index < -0.39 is 19.8 Å². The SMILES string of the molecule is CNC(Cc1ccccc1)C(=O)O.O=P(O)(OF)OF. The Balaban J connectivity index is 0.000000441. The molecule has 0 aliphatic heterocycles. The first-order valence-corrected chi connectivity index (χ1v) is 6.73. The van der Waals surface area contributed by atoms with E-state index in [2.05, 4.69) is 14.8 Å². The number of benzene rings is 1. The van der Waals surface area contributed by atoms with Gasteiger partial charge >= 0.3 is 13.8 Å². The van der Waals surface area contributed by atoms with Crippen LogP contribution in [-0.4, -0.2) is 29.1 Å². The van der Waals surface area contributed by atoms with Crippen LogP contribution in [0.2, 0.25) is 0 Å². The normalized spacial score (nSPS) is 12.2. The summed E-state index contributed by atoms with van der Waals surface area (Å²) in [5, 5.41) is 11.5. The lowest BCUT2D eigenvalue weighted by Crippen LogP contribution is -2.35. The molecule has 0 heterocycles. The molecule has 0 fully saturated rings. The van der Waals surface area contributed by atoms with Gasteiger partial charge < -0.3 is 10.4 Å². The fourth-order valence-electron chi connectivity index (χ4n) is 1.17. The molecule has 0 aliphatic carbocycles. The summed E-state index contributed by atoms with van der Waals surface area (Å²) in [5.74, 6) is -0.814. The van der Waals surface area contributed by atoms with Gasteiger partial charge in [-0.05, 0) is 28.1 Å². The van der Waals surface area contributed by atoms with Gasteiger partial charge in [-0.15, -0.1) is 0 Å². The van der Waals surface area contributed by atoms with Gasteiger partial charge in [0.05, 0.1) is 0 Å². The van der Waals surface area contributed by atoms with E-state index in [0.29, 0.717) is 6.42 Å². The van der Waals surface area contributed by atoms with Gasteiger partial charge in [-0.1, -0.05) is 39.8 Å². The highest BCUT2D eigenvalue weighted by atomic mass is 31.2. The van der Waals surface area contributed by atoms with Crippen LogP contribution in [0.25, 0.3) is 0 Å². The predicted molar refractivity (Wildman–Crippen MR) is 64.8 cm³/mol. The molecule has 1 aromatic carbocycles. The minimum absolute atomic E-state index is 0.498. The lowest BCUT2D eigenvalue weighted by atomic mass is 10.1. The van der Waals surface area contributed by atoms with Crippen LogP contribution in [-0.2, 0) is 25.2 Å². The minimum atomic E-state index is -4.99. The van der Waals surface area contributed by atoms with Gasteiger partial charge in [0.1, 0.15) is 6.04 Å². The van der Waals surface area contributed by atoms with E-state index in [1.54, 1.807) is 7.05 Å². The fourth-order valence-corrected chi connectivity index (χ4v) is 1.19. The van der Waals surface area contributed by atoms with Crippen LogP contribution in [0.4, 0.5) is 9.05 Å². The van der Waals surface area contributed by atoms with Crippen LogP contribution in [0.5, 0.6) is 0 Å². The van der Waals surface area contributed by atoms with E-state index in [1.165, 1.54) is 0 Å². The van der Waals surface area contributed by atoms with Gasteiger partial charge in [0.2, 0.25) is 0 Å². The number of hydrogen-bond donors (Lipinski definition) is 3. The summed E-state index contributed by atoms with van der Waals surface area (Å²) < 4.78 is 34.3. The molecule has 0 aromatic heterocycles. The van der Waals surface area contributed by atoms with Crippen molar-refractivity contribution in [1.29, 1.82) is 0 Å². The van der Waals surface area contributed by atoms with Crippen molar-refractivity contribution in [2.45, 2.75) is 12.5 Å². The Hall–Kier alpha value is -1.38. The first kappa shape index (κ1) is 18.6. The highest BCUT2D eigenvalue weighted by Crippen LogP contribution is 2.43. The Morgan fingerprint density at radius 1 is 1.35 bits per heavy atom. The number of likely N-dealkylation sites (N-methyl/N-ethyl adjacent to an activating group) is 1. The van der Waals surface area contributed by atoms with Gasteiger partial charge in [-0.3, -0.25) is 9.69 Å². The van der Waals surface area contributed by atoms with Crippen molar-refractivity contribution in [3.63, 3.8) is 0 Å². The third-order valence-corrected chi connectivity index (χ3v) is 2.45. The monoisotopic (exact) mass is 313 g/mol. The fraction of sp³-hybridized carbons (Fsp3) is 0.300. The maximum absolute atomic E-state index is 10.7. The standard InChI is InChI=1S/C10H13NO2.F2HO4P/c1-11-9(10(12)13)7-8-5-3-2-4-6-8;1-5-7(3,4)6-2/h2-6,9,11H,7H2,1H3,(H,12,13);(H,3,4). The van der Waals surface area contributed by atoms with Crippen LogP contribution in [0.1, 0.15) is 5.56 Å². The smallest absolute Gasteiger partial charge is 0.480 e. The van der Waals surface area contributed by atoms with Crippen LogP contribution in [0.15, 0.2) is 30.3 Å². The summed E-state index contributed by atoms with van der Waals surface area (Å²) in [6.07, 6.45) is 0.521. The van der Waals surface area contributed by atoms with Gasteiger partial charge in [0.25, 0.3) is 0 Å². The number of carboxylic acid groups (broad SMARTS) is 1. The lowest BCUT2D eigenvalue weighted by molar-refractivity contribution is -0.139. The lowest BCUT2D eigenvalue weighted by Gasteiger charge is -2.10. The third kappa shape index (κ3) is 7.93. The number of aliphatic carboxylic acids is 1. The molecule has 1 unspecified atom stereocenters. The topological polar surface area (TPSA) is 105 Å². The molecule has 0 saturated heterocycles. The molecule has 20 heavy (non-hydrogen) atoms. The summed E-state index contributed by atoms with van der Waals surface area (Å²) in [5.41, 5.74) is 1.03. The summed E-state index contributed by atoms with van der Waals surface area (Å²) in [6.45, 7) is 0. The second kappa shape index (κ2) is 9.51. The van der Waals surface area contributed by atoms with Gasteiger partial charge in [0, 0.05) is 0 Å². The van der Waals surface area contributed by atoms with Crippen molar-refractivity contribution in [2.24, 2.45) is 0 Å². The van der Waals surface area contributed by atoms with E-state index in [1.807, 2.05) is 30.3 Å². The molecule has 0 saturated carbocycles. The van der Waals surface area contributed by atoms with Crippen LogP contribution >= 0.6 is 7.82 Å². The molecule has 1 aromatic rings. The molecule has 3 N–H and O–H groups in total. The second-order valence-electron chi connectivity index (χ2n) is 3.48. The molecule has 1 rings (SSSR count). The van der Waals surface area contributed by atoms with E-state index in [0.717, 1.165) is 5.56 Å². The Bertz CT molecular complexity index is 439. The quantitative estimate of drug-likeness (QED) is 0.688. The summed E-state index contributed by atoms with van der Waals surface area (Å²) in [7, 11) is -3.33. The zero-order valence-corrected chi connectivity index (χ0v) is 11.3. The Morgan fingerprint density at radius 2 is 1.85 bits per heavy atom. The number of nitrogens with one attached hydrogen (secondary N) is 1. The first-order valence-electron chi connectivity index (χ1n) is 5.23. The molecule has 7 nitrogen and oxygen atoms in total. The van der Waals surface area contributed by atoms with Crippen LogP contribution < -0.4 is 5.32 Å². The highest BCUT2D eigenvalue weighted by Gasteiger charge is 2.22. The van der Waals surface area contributed by atoms with E-state index in [9.17, 15) is 18.4 Å². The maximum Gasteiger partial charge on any atom is 0.534 e. The Kier molecular flexibility index (Phi) is 8.86. The number of hydrogen-bond acceptors (Lipinski definition) is 5. The average molecular weight is 313 g/mol. The molecule has 114 valence electrons. The molecule has 0 radical (unpaired) electrons. The van der Waals surface area contributed by atoms with E-state index in [4.69, 9.17) is 10.00 Å². The average Bonchev–Trinajstić information content (AvgIpc) is 2.46. The molecular formula is C10H14F2NO6P. The summed E-state index contributed by atoms with van der Waals surface area (Å²) in [6, 6.07) is 9.08. The molecular weight excluding hydrogens is 299 g/mol. The second-order valence-corrected chi connectivity index (χ2v) is 4.69. The number of carbonyl (C=O) groups is 1. The molecule has 0 amide bonds. The third-order valence-electron chi connectivity index (χ3n) is 2.10. The predicted octanol–water partition coefficient (Wildman–Crippen LogP) is 1.79. The van der Waals surface area contributed by atoms with Crippen molar-refractivity contribution < 1.29 is 37.9 Å². The molecule has 0 spiro atoms. The maximum atomic E-state index is 10.7. The number of carboxylic acids is 1. The van der Waals surface area contributed by atoms with Gasteiger partial charge in [-0.25, -0.2) is 4.57 Å². The van der Waals surface area contributed by atoms with Crippen molar-refractivity contribution in [1.82, 2.24) is 5.32 Å². The van der Waals surface area contributed by atoms with Crippen LogP contribution in [0, 0.1) is 0 Å².